The first-order valence-corrected chi connectivity index (χ1v) is 5.65. The van der Waals surface area contributed by atoms with E-state index in [9.17, 15) is 4.79 Å². The number of carbonyl (C=O) groups is 1. The van der Waals surface area contributed by atoms with Crippen molar-refractivity contribution >= 4 is 17.6 Å². The van der Waals surface area contributed by atoms with Crippen LogP contribution in [0.15, 0.2) is 34.7 Å². The van der Waals surface area contributed by atoms with Crippen LogP contribution >= 0.6 is 11.6 Å². The third-order valence-corrected chi connectivity index (χ3v) is 2.72. The Morgan fingerprint density at radius 2 is 2.17 bits per heavy atom. The largest absolute Gasteiger partial charge is 0.484 e. The fraction of sp³-hybridized carbons (Fsp3) is 0.154. The van der Waals surface area contributed by atoms with Crippen LogP contribution in [-0.4, -0.2) is 11.1 Å². The monoisotopic (exact) mass is 266 g/mol. The maximum absolute atomic E-state index is 10.8. The van der Waals surface area contributed by atoms with Gasteiger partial charge in [0.05, 0.1) is 5.02 Å². The Bertz CT molecular complexity index is 574. The zero-order valence-corrected chi connectivity index (χ0v) is 10.4. The summed E-state index contributed by atoms with van der Waals surface area (Å²) in [6.07, 6.45) is 0. The molecule has 0 unspecified atom stereocenters. The van der Waals surface area contributed by atoms with Crippen molar-refractivity contribution in [2.45, 2.75) is 13.5 Å². The highest BCUT2D eigenvalue weighted by molar-refractivity contribution is 6.32. The molecule has 0 fully saturated rings. The lowest BCUT2D eigenvalue weighted by molar-refractivity contribution is 0.0695. The highest BCUT2D eigenvalue weighted by Gasteiger charge is 2.14. The molecule has 2 aromatic rings. The minimum Gasteiger partial charge on any atom is -0.484 e. The Morgan fingerprint density at radius 1 is 1.44 bits per heavy atom. The minimum atomic E-state index is -1.01. The van der Waals surface area contributed by atoms with E-state index in [1.165, 1.54) is 6.07 Å². The summed E-state index contributed by atoms with van der Waals surface area (Å²) >= 11 is 5.93. The number of halogens is 1. The lowest BCUT2D eigenvalue weighted by Crippen LogP contribution is -1.96. The second kappa shape index (κ2) is 5.14. The molecule has 0 saturated heterocycles. The second-order valence-corrected chi connectivity index (χ2v) is 4.11. The highest BCUT2D eigenvalue weighted by Crippen LogP contribution is 2.24. The molecule has 4 nitrogen and oxygen atoms in total. The van der Waals surface area contributed by atoms with Gasteiger partial charge in [-0.2, -0.15) is 0 Å². The molecule has 0 saturated carbocycles. The summed E-state index contributed by atoms with van der Waals surface area (Å²) < 4.78 is 10.7. The first-order chi connectivity index (χ1) is 8.58. The van der Waals surface area contributed by atoms with Crippen molar-refractivity contribution in [3.8, 4) is 5.75 Å². The predicted molar refractivity (Wildman–Crippen MR) is 66.2 cm³/mol. The van der Waals surface area contributed by atoms with Gasteiger partial charge in [-0.05, 0) is 25.1 Å². The van der Waals surface area contributed by atoms with Crippen molar-refractivity contribution in [2.24, 2.45) is 0 Å². The van der Waals surface area contributed by atoms with Crippen LogP contribution in [0, 0.1) is 6.92 Å². The van der Waals surface area contributed by atoms with Gasteiger partial charge in [-0.25, -0.2) is 4.79 Å². The molecule has 94 valence electrons. The number of para-hydroxylation sites is 1. The number of aryl methyl sites for hydroxylation is 1. The number of hydrogen-bond acceptors (Lipinski definition) is 3. The minimum absolute atomic E-state index is 0.137. The summed E-state index contributed by atoms with van der Waals surface area (Å²) in [5, 5.41) is 9.39. The van der Waals surface area contributed by atoms with Gasteiger partial charge in [-0.3, -0.25) is 0 Å². The van der Waals surface area contributed by atoms with E-state index >= 15 is 0 Å². The first kappa shape index (κ1) is 12.5. The van der Waals surface area contributed by atoms with Gasteiger partial charge in [0.25, 0.3) is 0 Å². The van der Waals surface area contributed by atoms with Crippen LogP contribution in [0.5, 0.6) is 5.75 Å². The number of carboxylic acid groups (broad SMARTS) is 1. The van der Waals surface area contributed by atoms with E-state index in [-0.39, 0.29) is 12.2 Å². The number of aromatic carboxylic acids is 1. The summed E-state index contributed by atoms with van der Waals surface area (Å²) in [5.41, 5.74) is 0.146. The molecular weight excluding hydrogens is 256 g/mol. The first-order valence-electron chi connectivity index (χ1n) is 5.28. The topological polar surface area (TPSA) is 59.7 Å². The lowest BCUT2D eigenvalue weighted by Gasteiger charge is -2.05. The Morgan fingerprint density at radius 3 is 2.78 bits per heavy atom. The molecule has 0 aliphatic heterocycles. The molecule has 0 atom stereocenters. The molecule has 1 aromatic carbocycles. The zero-order valence-electron chi connectivity index (χ0n) is 9.64. The number of benzene rings is 1. The lowest BCUT2D eigenvalue weighted by atomic mass is 10.2. The molecule has 1 N–H and O–H groups in total. The smallest absolute Gasteiger partial charge is 0.339 e. The third-order valence-electron chi connectivity index (χ3n) is 2.41. The summed E-state index contributed by atoms with van der Waals surface area (Å²) in [4.78, 5) is 10.8. The van der Waals surface area contributed by atoms with Crippen molar-refractivity contribution < 1.29 is 19.1 Å². The van der Waals surface area contributed by atoms with Crippen LogP contribution in [0.25, 0.3) is 0 Å². The maximum atomic E-state index is 10.8. The van der Waals surface area contributed by atoms with E-state index in [0.717, 1.165) is 0 Å². The van der Waals surface area contributed by atoms with Crippen molar-refractivity contribution in [3.05, 3.63) is 52.4 Å². The van der Waals surface area contributed by atoms with Gasteiger partial charge in [-0.1, -0.05) is 23.7 Å². The number of rotatable bonds is 4. The molecule has 0 amide bonds. The second-order valence-electron chi connectivity index (χ2n) is 3.71. The van der Waals surface area contributed by atoms with E-state index in [1.807, 2.05) is 0 Å². The fourth-order valence-corrected chi connectivity index (χ4v) is 1.73. The SMILES string of the molecule is Cc1oc(COc2ccccc2Cl)cc1C(=O)O. The Balaban J connectivity index is 2.09. The normalized spacial score (nSPS) is 10.3. The summed E-state index contributed by atoms with van der Waals surface area (Å²) in [6, 6.07) is 8.50. The van der Waals surface area contributed by atoms with Gasteiger partial charge < -0.3 is 14.3 Å². The van der Waals surface area contributed by atoms with E-state index in [1.54, 1.807) is 31.2 Å². The van der Waals surface area contributed by atoms with Crippen LogP contribution in [-0.2, 0) is 6.61 Å². The fourth-order valence-electron chi connectivity index (χ4n) is 1.54. The number of carboxylic acids is 1. The molecule has 5 heteroatoms. The average Bonchev–Trinajstić information content (AvgIpc) is 2.70. The van der Waals surface area contributed by atoms with Crippen LogP contribution in [0.1, 0.15) is 21.9 Å². The van der Waals surface area contributed by atoms with Crippen LogP contribution in [0.3, 0.4) is 0 Å². The summed E-state index contributed by atoms with van der Waals surface area (Å²) in [7, 11) is 0. The van der Waals surface area contributed by atoms with E-state index in [2.05, 4.69) is 0 Å². The molecule has 0 aliphatic carbocycles. The number of hydrogen-bond donors (Lipinski definition) is 1. The Hall–Kier alpha value is -1.94. The molecule has 1 aromatic heterocycles. The van der Waals surface area contributed by atoms with E-state index in [4.69, 9.17) is 25.9 Å². The number of furan rings is 1. The van der Waals surface area contributed by atoms with Crippen molar-refractivity contribution in [2.75, 3.05) is 0 Å². The average molecular weight is 267 g/mol. The van der Waals surface area contributed by atoms with Crippen molar-refractivity contribution in [3.63, 3.8) is 0 Å². The molecule has 0 radical (unpaired) electrons. The van der Waals surface area contributed by atoms with Gasteiger partial charge in [-0.15, -0.1) is 0 Å². The summed E-state index contributed by atoms with van der Waals surface area (Å²) in [5.74, 6) is 0.329. The zero-order chi connectivity index (χ0) is 13.1. The van der Waals surface area contributed by atoms with Crippen molar-refractivity contribution in [1.29, 1.82) is 0 Å². The van der Waals surface area contributed by atoms with Crippen molar-refractivity contribution in [1.82, 2.24) is 0 Å². The van der Waals surface area contributed by atoms with Gasteiger partial charge in [0.15, 0.2) is 0 Å². The van der Waals surface area contributed by atoms with Crippen LogP contribution in [0.2, 0.25) is 5.02 Å². The van der Waals surface area contributed by atoms with E-state index < -0.39 is 5.97 Å². The maximum Gasteiger partial charge on any atom is 0.339 e. The van der Waals surface area contributed by atoms with Crippen LogP contribution in [0.4, 0.5) is 0 Å². The standard InChI is InChI=1S/C13H11ClO4/c1-8-10(13(15)16)6-9(18-8)7-17-12-5-3-2-4-11(12)14/h2-6H,7H2,1H3,(H,15,16). The molecule has 0 aliphatic rings. The third kappa shape index (κ3) is 2.65. The Kier molecular flexibility index (Phi) is 3.58. The molecular formula is C13H11ClO4. The highest BCUT2D eigenvalue weighted by atomic mass is 35.5. The van der Waals surface area contributed by atoms with Crippen LogP contribution < -0.4 is 4.74 Å². The predicted octanol–water partition coefficient (Wildman–Crippen LogP) is 3.52. The quantitative estimate of drug-likeness (QED) is 0.920. The number of ether oxygens (including phenoxy) is 1. The van der Waals surface area contributed by atoms with Gasteiger partial charge in [0, 0.05) is 0 Å². The molecule has 0 bridgehead atoms. The molecule has 1 heterocycles. The molecule has 2 rings (SSSR count). The molecule has 0 spiro atoms. The van der Waals surface area contributed by atoms with Gasteiger partial charge in [0.2, 0.25) is 0 Å². The Labute approximate surface area is 109 Å². The van der Waals surface area contributed by atoms with Gasteiger partial charge in [0.1, 0.15) is 29.4 Å². The van der Waals surface area contributed by atoms with Gasteiger partial charge >= 0.3 is 5.97 Å². The van der Waals surface area contributed by atoms with E-state index in [0.29, 0.717) is 22.3 Å². The summed E-state index contributed by atoms with van der Waals surface area (Å²) in [6.45, 7) is 1.74. The molecule has 18 heavy (non-hydrogen) atoms.